The Balaban J connectivity index is 2.22. The van der Waals surface area contributed by atoms with Crippen LogP contribution < -0.4 is 0 Å². The number of hydrogen-bond acceptors (Lipinski definition) is 0. The van der Waals surface area contributed by atoms with Gasteiger partial charge in [0.25, 0.3) is 0 Å². The van der Waals surface area contributed by atoms with Gasteiger partial charge < -0.3 is 0 Å². The smallest absolute Gasteiger partial charge is 0.123 e. The molecule has 1 aromatic rings. The summed E-state index contributed by atoms with van der Waals surface area (Å²) in [7, 11) is 5.46. The SMILES string of the molecule is [B]CCCC1=CCc2ccc(F)cc21. The Morgan fingerprint density at radius 2 is 2.21 bits per heavy atom. The summed E-state index contributed by atoms with van der Waals surface area (Å²) >= 11 is 0. The summed E-state index contributed by atoms with van der Waals surface area (Å²) in [5.41, 5.74) is 3.57. The van der Waals surface area contributed by atoms with Crippen molar-refractivity contribution in [1.29, 1.82) is 0 Å². The van der Waals surface area contributed by atoms with Crippen LogP contribution in [0.2, 0.25) is 6.32 Å². The minimum Gasteiger partial charge on any atom is -0.207 e. The molecular formula is C12H12BF. The summed E-state index contributed by atoms with van der Waals surface area (Å²) in [4.78, 5) is 0. The molecule has 0 spiro atoms. The maximum absolute atomic E-state index is 13.0. The topological polar surface area (TPSA) is 0 Å². The van der Waals surface area contributed by atoms with Crippen molar-refractivity contribution in [2.75, 3.05) is 0 Å². The predicted octanol–water partition coefficient (Wildman–Crippen LogP) is 3.13. The first-order valence-electron chi connectivity index (χ1n) is 4.99. The lowest BCUT2D eigenvalue weighted by molar-refractivity contribution is 0.627. The van der Waals surface area contributed by atoms with Gasteiger partial charge >= 0.3 is 0 Å². The van der Waals surface area contributed by atoms with Crippen molar-refractivity contribution >= 4 is 13.4 Å². The molecular weight excluding hydrogens is 174 g/mol. The zero-order valence-electron chi connectivity index (χ0n) is 8.09. The molecule has 14 heavy (non-hydrogen) atoms. The highest BCUT2D eigenvalue weighted by molar-refractivity contribution is 6.08. The second-order valence-corrected chi connectivity index (χ2v) is 3.63. The van der Waals surface area contributed by atoms with Crippen molar-refractivity contribution in [3.8, 4) is 0 Å². The molecule has 0 unspecified atom stereocenters. The van der Waals surface area contributed by atoms with Gasteiger partial charge in [0, 0.05) is 0 Å². The summed E-state index contributed by atoms with van der Waals surface area (Å²) in [6.07, 6.45) is 5.76. The quantitative estimate of drug-likeness (QED) is 0.636. The summed E-state index contributed by atoms with van der Waals surface area (Å²) in [5, 5.41) is 0. The monoisotopic (exact) mass is 186 g/mol. The number of rotatable bonds is 3. The molecule has 0 nitrogen and oxygen atoms in total. The normalized spacial score (nSPS) is 13.9. The molecule has 0 bridgehead atoms. The summed E-state index contributed by atoms with van der Waals surface area (Å²) in [6.45, 7) is 0. The Morgan fingerprint density at radius 3 is 3.00 bits per heavy atom. The molecule has 0 N–H and O–H groups in total. The fourth-order valence-electron chi connectivity index (χ4n) is 1.90. The van der Waals surface area contributed by atoms with Gasteiger partial charge in [-0.2, -0.15) is 0 Å². The Kier molecular flexibility index (Phi) is 2.71. The van der Waals surface area contributed by atoms with Crippen molar-refractivity contribution in [2.45, 2.75) is 25.6 Å². The first kappa shape index (κ1) is 9.51. The van der Waals surface area contributed by atoms with Crippen LogP contribution in [-0.4, -0.2) is 7.85 Å². The third kappa shape index (κ3) is 1.74. The van der Waals surface area contributed by atoms with Gasteiger partial charge in [0.1, 0.15) is 5.82 Å². The standard InChI is InChI=1S/C12H12BF/c13-7-1-2-9-3-4-10-5-6-11(14)8-12(9)10/h3,5-6,8H,1-2,4,7H2. The van der Waals surface area contributed by atoms with E-state index in [-0.39, 0.29) is 5.82 Å². The number of fused-ring (bicyclic) bond motifs is 1. The Labute approximate surface area is 85.2 Å². The highest BCUT2D eigenvalue weighted by Crippen LogP contribution is 2.31. The molecule has 1 aliphatic carbocycles. The summed E-state index contributed by atoms with van der Waals surface area (Å²) in [6, 6.07) is 5.03. The van der Waals surface area contributed by atoms with Gasteiger partial charge in [-0.3, -0.25) is 0 Å². The van der Waals surface area contributed by atoms with E-state index in [4.69, 9.17) is 7.85 Å². The van der Waals surface area contributed by atoms with Crippen LogP contribution in [-0.2, 0) is 6.42 Å². The number of halogens is 1. The highest BCUT2D eigenvalue weighted by atomic mass is 19.1. The van der Waals surface area contributed by atoms with Crippen LogP contribution >= 0.6 is 0 Å². The molecule has 1 aliphatic rings. The molecule has 2 radical (unpaired) electrons. The van der Waals surface area contributed by atoms with Crippen molar-refractivity contribution in [2.24, 2.45) is 0 Å². The second-order valence-electron chi connectivity index (χ2n) is 3.63. The Morgan fingerprint density at radius 1 is 1.36 bits per heavy atom. The van der Waals surface area contributed by atoms with E-state index in [1.54, 1.807) is 6.07 Å². The van der Waals surface area contributed by atoms with Crippen LogP contribution in [0, 0.1) is 5.82 Å². The van der Waals surface area contributed by atoms with Crippen molar-refractivity contribution < 1.29 is 4.39 Å². The first-order valence-corrected chi connectivity index (χ1v) is 4.99. The van der Waals surface area contributed by atoms with Gasteiger partial charge in [-0.05, 0) is 41.7 Å². The van der Waals surface area contributed by atoms with E-state index in [2.05, 4.69) is 6.08 Å². The summed E-state index contributed by atoms with van der Waals surface area (Å²) < 4.78 is 13.0. The van der Waals surface area contributed by atoms with Gasteiger partial charge in [0.05, 0.1) is 7.85 Å². The van der Waals surface area contributed by atoms with E-state index >= 15 is 0 Å². The molecule has 2 rings (SSSR count). The highest BCUT2D eigenvalue weighted by Gasteiger charge is 2.13. The maximum Gasteiger partial charge on any atom is 0.123 e. The van der Waals surface area contributed by atoms with E-state index < -0.39 is 0 Å². The zero-order chi connectivity index (χ0) is 9.97. The maximum atomic E-state index is 13.0. The molecule has 0 heterocycles. The van der Waals surface area contributed by atoms with Gasteiger partial charge in [-0.1, -0.05) is 24.9 Å². The van der Waals surface area contributed by atoms with Gasteiger partial charge in [-0.15, -0.1) is 0 Å². The molecule has 0 saturated carbocycles. The lowest BCUT2D eigenvalue weighted by Gasteiger charge is -2.04. The van der Waals surface area contributed by atoms with Crippen LogP contribution in [0.3, 0.4) is 0 Å². The predicted molar refractivity (Wildman–Crippen MR) is 57.9 cm³/mol. The third-order valence-corrected chi connectivity index (χ3v) is 2.64. The molecule has 2 heteroatoms. The molecule has 0 saturated heterocycles. The lowest BCUT2D eigenvalue weighted by atomic mass is 9.95. The van der Waals surface area contributed by atoms with E-state index in [0.717, 1.165) is 24.8 Å². The van der Waals surface area contributed by atoms with E-state index in [0.29, 0.717) is 6.32 Å². The van der Waals surface area contributed by atoms with E-state index in [1.165, 1.54) is 17.2 Å². The fourth-order valence-corrected chi connectivity index (χ4v) is 1.90. The largest absolute Gasteiger partial charge is 0.207 e. The van der Waals surface area contributed by atoms with Crippen LogP contribution in [0.1, 0.15) is 24.0 Å². The van der Waals surface area contributed by atoms with Crippen molar-refractivity contribution in [1.82, 2.24) is 0 Å². The van der Waals surface area contributed by atoms with Crippen LogP contribution in [0.25, 0.3) is 5.57 Å². The van der Waals surface area contributed by atoms with E-state index in [9.17, 15) is 4.39 Å². The average Bonchev–Trinajstić information content (AvgIpc) is 2.57. The minimum absolute atomic E-state index is 0.149. The van der Waals surface area contributed by atoms with E-state index in [1.807, 2.05) is 6.07 Å². The molecule has 0 fully saturated rings. The number of allylic oxidation sites excluding steroid dienone is 2. The first-order chi connectivity index (χ1) is 6.81. The van der Waals surface area contributed by atoms with Crippen molar-refractivity contribution in [3.05, 3.63) is 41.2 Å². The molecule has 70 valence electrons. The van der Waals surface area contributed by atoms with Crippen molar-refractivity contribution in [3.63, 3.8) is 0 Å². The zero-order valence-corrected chi connectivity index (χ0v) is 8.09. The van der Waals surface area contributed by atoms with Crippen LogP contribution in [0.4, 0.5) is 4.39 Å². The minimum atomic E-state index is -0.149. The molecule has 1 aromatic carbocycles. The molecule has 0 atom stereocenters. The summed E-state index contributed by atoms with van der Waals surface area (Å²) in [5.74, 6) is -0.149. The second kappa shape index (κ2) is 3.99. The molecule has 0 amide bonds. The lowest BCUT2D eigenvalue weighted by Crippen LogP contribution is -1.87. The fraction of sp³-hybridized carbons (Fsp3) is 0.333. The Bertz CT molecular complexity index is 369. The van der Waals surface area contributed by atoms with Gasteiger partial charge in [0.2, 0.25) is 0 Å². The number of hydrogen-bond donors (Lipinski definition) is 0. The van der Waals surface area contributed by atoms with Gasteiger partial charge in [-0.25, -0.2) is 4.39 Å². The van der Waals surface area contributed by atoms with Gasteiger partial charge in [0.15, 0.2) is 0 Å². The average molecular weight is 186 g/mol. The third-order valence-electron chi connectivity index (χ3n) is 2.64. The Hall–Kier alpha value is -1.05. The number of benzene rings is 1. The molecule has 0 aromatic heterocycles. The molecule has 0 aliphatic heterocycles. The van der Waals surface area contributed by atoms with Crippen LogP contribution in [0.15, 0.2) is 24.3 Å². The van der Waals surface area contributed by atoms with Crippen LogP contribution in [0.5, 0.6) is 0 Å².